The van der Waals surface area contributed by atoms with Crippen LogP contribution in [-0.4, -0.2) is 74.9 Å². The molecule has 118 valence electrons. The minimum absolute atomic E-state index is 0.0752. The van der Waals surface area contributed by atoms with E-state index in [9.17, 15) is 28.3 Å². The van der Waals surface area contributed by atoms with Crippen LogP contribution < -0.4 is 0 Å². The van der Waals surface area contributed by atoms with Crippen LogP contribution in [0.25, 0.3) is 0 Å². The lowest BCUT2D eigenvalue weighted by atomic mass is 10.0. The third-order valence-electron chi connectivity index (χ3n) is 2.39. The maximum Gasteiger partial charge on any atom is 0.284 e. The molecule has 10 nitrogen and oxygen atoms in total. The molecule has 0 spiro atoms. The molecule has 0 aromatic carbocycles. The molecule has 0 aliphatic carbocycles. The summed E-state index contributed by atoms with van der Waals surface area (Å²) < 4.78 is 39.4. The average Bonchev–Trinajstić information content (AvgIpc) is 2.36. The van der Waals surface area contributed by atoms with Gasteiger partial charge in [-0.1, -0.05) is 16.9 Å². The summed E-state index contributed by atoms with van der Waals surface area (Å²) >= 11 is 0.661. The molecule has 0 aromatic rings. The Morgan fingerprint density at radius 2 is 1.95 bits per heavy atom. The summed E-state index contributed by atoms with van der Waals surface area (Å²) in [5.41, 5.74) is -1.13. The number of hydrogen-bond donors (Lipinski definition) is 4. The summed E-state index contributed by atoms with van der Waals surface area (Å²) in [7, 11) is -4.99. The van der Waals surface area contributed by atoms with Gasteiger partial charge in [0, 0.05) is 0 Å². The first-order chi connectivity index (χ1) is 9.15. The van der Waals surface area contributed by atoms with Gasteiger partial charge in [0.25, 0.3) is 10.4 Å². The Balaban J connectivity index is 2.71. The van der Waals surface area contributed by atoms with E-state index in [4.69, 9.17) is 9.84 Å². The van der Waals surface area contributed by atoms with E-state index >= 15 is 0 Å². The molecular formula is C8H14NO9S2-. The van der Waals surface area contributed by atoms with E-state index in [2.05, 4.69) is 9.44 Å². The quantitative estimate of drug-likeness (QED) is 0.140. The van der Waals surface area contributed by atoms with Gasteiger partial charge in [-0.05, 0) is 6.92 Å². The smallest absolute Gasteiger partial charge is 0.284 e. The maximum absolute atomic E-state index is 10.2. The van der Waals surface area contributed by atoms with E-state index in [1.807, 2.05) is 0 Å². The Bertz CT molecular complexity index is 451. The van der Waals surface area contributed by atoms with Crippen molar-refractivity contribution in [1.82, 2.24) is 0 Å². The number of aliphatic hydroxyl groups is 4. The second-order valence-electron chi connectivity index (χ2n) is 3.91. The standard InChI is InChI=1S/C8H15NO9S2/c1-3(9-18-20(14,15)16)19-8-7(13)6(12)5(11)4(2-10)17-8/h4-8,10-13H,2H2,1H3,(H,14,15,16)/p-1/b9-3+/t4-,5-,6+,7-,8+/m1/s1. The SMILES string of the molecule is C/C(=N\OS(=O)(=O)[O-])S[C@@H]1O[C@H](CO)[C@@H](O)[C@H](O)[C@H]1O. The summed E-state index contributed by atoms with van der Waals surface area (Å²) in [5, 5.41) is 40.6. The average molecular weight is 332 g/mol. The van der Waals surface area contributed by atoms with Gasteiger partial charge in [0.05, 0.1) is 6.61 Å². The van der Waals surface area contributed by atoms with Gasteiger partial charge in [0.15, 0.2) is 0 Å². The van der Waals surface area contributed by atoms with E-state index in [0.717, 1.165) is 0 Å². The van der Waals surface area contributed by atoms with Crippen LogP contribution in [0.5, 0.6) is 0 Å². The molecule has 5 atom stereocenters. The number of oxime groups is 1. The molecule has 4 N–H and O–H groups in total. The lowest BCUT2D eigenvalue weighted by molar-refractivity contribution is -0.205. The number of hydrogen-bond acceptors (Lipinski definition) is 11. The second-order valence-corrected chi connectivity index (χ2v) is 6.16. The Morgan fingerprint density at radius 1 is 1.35 bits per heavy atom. The van der Waals surface area contributed by atoms with E-state index in [1.165, 1.54) is 6.92 Å². The van der Waals surface area contributed by atoms with Crippen molar-refractivity contribution in [3.8, 4) is 0 Å². The number of thioether (sulfide) groups is 1. The first kappa shape index (κ1) is 17.6. The zero-order valence-electron chi connectivity index (χ0n) is 10.2. The Labute approximate surface area is 119 Å². The van der Waals surface area contributed by atoms with E-state index in [-0.39, 0.29) is 5.04 Å². The van der Waals surface area contributed by atoms with Crippen molar-refractivity contribution in [2.24, 2.45) is 5.16 Å². The lowest BCUT2D eigenvalue weighted by Crippen LogP contribution is -2.57. The monoisotopic (exact) mass is 332 g/mol. The van der Waals surface area contributed by atoms with Crippen LogP contribution in [0.3, 0.4) is 0 Å². The Kier molecular flexibility index (Phi) is 6.15. The molecule has 1 aliphatic heterocycles. The van der Waals surface area contributed by atoms with Gasteiger partial charge in [-0.15, -0.1) is 0 Å². The first-order valence-corrected chi connectivity index (χ1v) is 7.53. The summed E-state index contributed by atoms with van der Waals surface area (Å²) in [4.78, 5) is 0. The minimum atomic E-state index is -4.99. The third kappa shape index (κ3) is 4.82. The minimum Gasteiger partial charge on any atom is -0.714 e. The summed E-state index contributed by atoms with van der Waals surface area (Å²) in [6, 6.07) is 0. The van der Waals surface area contributed by atoms with Crippen LogP contribution >= 0.6 is 11.8 Å². The molecule has 1 heterocycles. The van der Waals surface area contributed by atoms with Gasteiger partial charge in [0.1, 0.15) is 34.9 Å². The van der Waals surface area contributed by atoms with Crippen LogP contribution in [0.4, 0.5) is 0 Å². The van der Waals surface area contributed by atoms with Crippen molar-refractivity contribution in [1.29, 1.82) is 0 Å². The molecule has 0 bridgehead atoms. The first-order valence-electron chi connectivity index (χ1n) is 5.32. The normalized spacial score (nSPS) is 35.9. The number of rotatable bonds is 4. The molecule has 0 aromatic heterocycles. The largest absolute Gasteiger partial charge is 0.714 e. The van der Waals surface area contributed by atoms with Gasteiger partial charge >= 0.3 is 0 Å². The number of nitrogens with zero attached hydrogens (tertiary/aromatic N) is 1. The van der Waals surface area contributed by atoms with Gasteiger partial charge in [-0.3, -0.25) is 4.28 Å². The molecular weight excluding hydrogens is 318 g/mol. The van der Waals surface area contributed by atoms with Gasteiger partial charge < -0.3 is 29.7 Å². The molecule has 0 saturated carbocycles. The zero-order chi connectivity index (χ0) is 15.5. The summed E-state index contributed by atoms with van der Waals surface area (Å²) in [5.74, 6) is 0. The summed E-state index contributed by atoms with van der Waals surface area (Å²) in [6.45, 7) is 0.681. The van der Waals surface area contributed by atoms with Crippen molar-refractivity contribution < 1.29 is 42.4 Å². The van der Waals surface area contributed by atoms with E-state index < -0.39 is 46.9 Å². The van der Waals surface area contributed by atoms with Gasteiger partial charge in [0.2, 0.25) is 0 Å². The fourth-order valence-corrected chi connectivity index (χ4v) is 2.62. The topological polar surface area (TPSA) is 169 Å². The van der Waals surface area contributed by atoms with Crippen LogP contribution in [0.1, 0.15) is 6.92 Å². The fourth-order valence-electron chi connectivity index (χ4n) is 1.45. The number of ether oxygens (including phenoxy) is 1. The number of aliphatic hydroxyl groups excluding tert-OH is 4. The fraction of sp³-hybridized carbons (Fsp3) is 0.875. The van der Waals surface area contributed by atoms with Crippen LogP contribution in [0.2, 0.25) is 0 Å². The molecule has 20 heavy (non-hydrogen) atoms. The van der Waals surface area contributed by atoms with Crippen molar-refractivity contribution in [3.05, 3.63) is 0 Å². The Hall–Kier alpha value is -0.470. The second kappa shape index (κ2) is 7.00. The van der Waals surface area contributed by atoms with Crippen molar-refractivity contribution in [2.75, 3.05) is 6.61 Å². The molecule has 0 amide bonds. The molecule has 0 radical (unpaired) electrons. The van der Waals surface area contributed by atoms with Crippen LogP contribution in [0, 0.1) is 0 Å². The molecule has 1 rings (SSSR count). The van der Waals surface area contributed by atoms with Crippen LogP contribution in [0.15, 0.2) is 5.16 Å². The van der Waals surface area contributed by atoms with Crippen molar-refractivity contribution >= 4 is 27.2 Å². The highest BCUT2D eigenvalue weighted by Crippen LogP contribution is 2.29. The van der Waals surface area contributed by atoms with Crippen LogP contribution in [-0.2, 0) is 19.4 Å². The molecule has 1 fully saturated rings. The zero-order valence-corrected chi connectivity index (χ0v) is 11.8. The molecule has 1 saturated heterocycles. The third-order valence-corrected chi connectivity index (χ3v) is 3.69. The van der Waals surface area contributed by atoms with E-state index in [0.29, 0.717) is 11.8 Å². The van der Waals surface area contributed by atoms with Crippen molar-refractivity contribution in [3.63, 3.8) is 0 Å². The van der Waals surface area contributed by atoms with Crippen molar-refractivity contribution in [2.45, 2.75) is 36.8 Å². The highest BCUT2D eigenvalue weighted by molar-refractivity contribution is 8.14. The van der Waals surface area contributed by atoms with Gasteiger partial charge in [-0.2, -0.15) is 8.42 Å². The molecule has 12 heteroatoms. The highest BCUT2D eigenvalue weighted by atomic mass is 32.3. The maximum atomic E-state index is 10.2. The Morgan fingerprint density at radius 3 is 2.45 bits per heavy atom. The summed E-state index contributed by atoms with van der Waals surface area (Å²) in [6.07, 6.45) is -5.66. The predicted octanol–water partition coefficient (Wildman–Crippen LogP) is -2.67. The predicted molar refractivity (Wildman–Crippen MR) is 65.2 cm³/mol. The van der Waals surface area contributed by atoms with Gasteiger partial charge in [-0.25, -0.2) is 0 Å². The lowest BCUT2D eigenvalue weighted by Gasteiger charge is -2.39. The van der Waals surface area contributed by atoms with E-state index in [1.54, 1.807) is 0 Å². The molecule has 0 unspecified atom stereocenters. The highest BCUT2D eigenvalue weighted by Gasteiger charge is 2.43. The molecule has 1 aliphatic rings.